The lowest BCUT2D eigenvalue weighted by molar-refractivity contribution is -0.120. The maximum Gasteiger partial charge on any atom is 0.318 e. The van der Waals surface area contributed by atoms with Crippen molar-refractivity contribution in [1.29, 1.82) is 0 Å². The molecule has 1 atom stereocenters. The Hall–Kier alpha value is -2.28. The van der Waals surface area contributed by atoms with Gasteiger partial charge in [-0.05, 0) is 37.6 Å². The fourth-order valence-corrected chi connectivity index (χ4v) is 2.36. The molecule has 1 fully saturated rings. The molecule has 0 aliphatic carbocycles. The van der Waals surface area contributed by atoms with Gasteiger partial charge in [0.1, 0.15) is 6.04 Å². The van der Waals surface area contributed by atoms with Gasteiger partial charge in [-0.25, -0.2) is 4.79 Å². The second-order valence-corrected chi connectivity index (χ2v) is 5.32. The van der Waals surface area contributed by atoms with Gasteiger partial charge >= 0.3 is 6.03 Å². The zero-order valence-corrected chi connectivity index (χ0v) is 12.9. The lowest BCUT2D eigenvalue weighted by atomic mass is 10.1. The van der Waals surface area contributed by atoms with Crippen LogP contribution >= 0.6 is 0 Å². The first kappa shape index (κ1) is 16.1. The van der Waals surface area contributed by atoms with Gasteiger partial charge in [0.15, 0.2) is 0 Å². The minimum absolute atomic E-state index is 0.454. The lowest BCUT2D eigenvalue weighted by Crippen LogP contribution is -2.43. The van der Waals surface area contributed by atoms with Gasteiger partial charge in [0, 0.05) is 24.5 Å². The molecule has 120 valence electrons. The van der Waals surface area contributed by atoms with Crippen LogP contribution in [-0.4, -0.2) is 44.3 Å². The van der Waals surface area contributed by atoms with Crippen molar-refractivity contribution < 1.29 is 14.3 Å². The molecular formula is C15H22N4O3. The van der Waals surface area contributed by atoms with Gasteiger partial charge in [0.25, 0.3) is 0 Å². The van der Waals surface area contributed by atoms with Crippen LogP contribution in [0.3, 0.4) is 0 Å². The average Bonchev–Trinajstić information content (AvgIpc) is 2.49. The molecule has 0 aromatic heterocycles. The molecule has 0 radical (unpaired) electrons. The Kier molecular flexibility index (Phi) is 5.21. The molecule has 1 saturated heterocycles. The van der Waals surface area contributed by atoms with Crippen molar-refractivity contribution in [3.8, 4) is 0 Å². The van der Waals surface area contributed by atoms with Crippen molar-refractivity contribution in [3.05, 3.63) is 23.8 Å². The van der Waals surface area contributed by atoms with E-state index in [9.17, 15) is 9.59 Å². The van der Waals surface area contributed by atoms with Crippen molar-refractivity contribution in [3.63, 3.8) is 0 Å². The zero-order valence-electron chi connectivity index (χ0n) is 12.9. The van der Waals surface area contributed by atoms with Gasteiger partial charge < -0.3 is 20.7 Å². The zero-order chi connectivity index (χ0) is 16.1. The first-order chi connectivity index (χ1) is 10.5. The first-order valence-electron chi connectivity index (χ1n) is 7.27. The van der Waals surface area contributed by atoms with Crippen LogP contribution in [0.4, 0.5) is 16.2 Å². The summed E-state index contributed by atoms with van der Waals surface area (Å²) in [5.41, 5.74) is 7.96. The van der Waals surface area contributed by atoms with E-state index >= 15 is 0 Å². The minimum atomic E-state index is -0.849. The van der Waals surface area contributed by atoms with Crippen LogP contribution in [0.1, 0.15) is 12.5 Å². The number of hydrogen-bond donors (Lipinski definition) is 3. The number of imide groups is 1. The summed E-state index contributed by atoms with van der Waals surface area (Å²) in [6.07, 6.45) is 0. The summed E-state index contributed by atoms with van der Waals surface area (Å²) in [4.78, 5) is 24.7. The summed E-state index contributed by atoms with van der Waals surface area (Å²) in [6.45, 7) is 6.89. The van der Waals surface area contributed by atoms with E-state index < -0.39 is 18.0 Å². The predicted octanol–water partition coefficient (Wildman–Crippen LogP) is 0.827. The Balaban J connectivity index is 2.03. The number of nitrogens with zero attached hydrogens (tertiary/aromatic N) is 1. The smallest absolute Gasteiger partial charge is 0.318 e. The number of amides is 3. The molecular weight excluding hydrogens is 284 g/mol. The molecule has 1 aliphatic rings. The van der Waals surface area contributed by atoms with Gasteiger partial charge in [-0.15, -0.1) is 0 Å². The number of carbonyl (C=O) groups is 2. The molecule has 4 N–H and O–H groups in total. The number of carbonyl (C=O) groups excluding carboxylic acids is 2. The third-order valence-corrected chi connectivity index (χ3v) is 3.60. The Morgan fingerprint density at radius 1 is 1.32 bits per heavy atom. The molecule has 0 spiro atoms. The second-order valence-electron chi connectivity index (χ2n) is 5.32. The number of aryl methyl sites for hydroxylation is 1. The summed E-state index contributed by atoms with van der Waals surface area (Å²) in [5, 5.41) is 5.14. The van der Waals surface area contributed by atoms with Crippen molar-refractivity contribution in [1.82, 2.24) is 5.32 Å². The molecule has 3 amide bonds. The van der Waals surface area contributed by atoms with Crippen LogP contribution in [0.15, 0.2) is 18.2 Å². The molecule has 1 heterocycles. The van der Waals surface area contributed by atoms with Gasteiger partial charge in [0.2, 0.25) is 5.91 Å². The van der Waals surface area contributed by atoms with E-state index in [1.165, 1.54) is 0 Å². The van der Waals surface area contributed by atoms with Gasteiger partial charge in [-0.2, -0.15) is 0 Å². The quantitative estimate of drug-likeness (QED) is 0.765. The number of urea groups is 1. The minimum Gasteiger partial charge on any atom is -0.378 e. The molecule has 0 bridgehead atoms. The number of nitrogens with two attached hydrogens (primary N) is 1. The Morgan fingerprint density at radius 3 is 2.59 bits per heavy atom. The highest BCUT2D eigenvalue weighted by atomic mass is 16.5. The van der Waals surface area contributed by atoms with E-state index in [1.807, 2.05) is 19.1 Å². The topological polar surface area (TPSA) is 96.7 Å². The third-order valence-electron chi connectivity index (χ3n) is 3.60. The molecule has 1 aromatic carbocycles. The number of benzene rings is 1. The van der Waals surface area contributed by atoms with Crippen LogP contribution in [-0.2, 0) is 9.53 Å². The highest BCUT2D eigenvalue weighted by molar-refractivity contribution is 5.97. The van der Waals surface area contributed by atoms with Crippen LogP contribution < -0.4 is 21.3 Å². The van der Waals surface area contributed by atoms with Crippen molar-refractivity contribution in [2.45, 2.75) is 19.9 Å². The molecule has 0 saturated carbocycles. The lowest BCUT2D eigenvalue weighted by Gasteiger charge is -2.29. The Bertz CT molecular complexity index is 556. The van der Waals surface area contributed by atoms with Crippen molar-refractivity contribution >= 4 is 23.3 Å². The van der Waals surface area contributed by atoms with Crippen LogP contribution in [0.2, 0.25) is 0 Å². The maximum atomic E-state index is 11.7. The number of ether oxygens (including phenoxy) is 1. The Labute approximate surface area is 129 Å². The molecule has 1 aromatic rings. The average molecular weight is 306 g/mol. The van der Waals surface area contributed by atoms with E-state index in [0.717, 1.165) is 43.2 Å². The van der Waals surface area contributed by atoms with Crippen LogP contribution in [0.5, 0.6) is 0 Å². The van der Waals surface area contributed by atoms with E-state index in [-0.39, 0.29) is 0 Å². The van der Waals surface area contributed by atoms with E-state index in [0.29, 0.717) is 0 Å². The van der Waals surface area contributed by atoms with Crippen LogP contribution in [0.25, 0.3) is 0 Å². The number of anilines is 2. The first-order valence-corrected chi connectivity index (χ1v) is 7.27. The number of morpholine rings is 1. The van der Waals surface area contributed by atoms with Gasteiger partial charge in [0.05, 0.1) is 13.2 Å². The Morgan fingerprint density at radius 2 is 2.00 bits per heavy atom. The molecule has 7 nitrogen and oxygen atoms in total. The summed E-state index contributed by atoms with van der Waals surface area (Å²) in [7, 11) is 0. The van der Waals surface area contributed by atoms with E-state index in [1.54, 1.807) is 6.92 Å². The number of rotatable bonds is 4. The van der Waals surface area contributed by atoms with Crippen molar-refractivity contribution in [2.75, 3.05) is 36.5 Å². The maximum absolute atomic E-state index is 11.7. The molecule has 2 rings (SSSR count). The van der Waals surface area contributed by atoms with E-state index in [2.05, 4.69) is 21.6 Å². The largest absolute Gasteiger partial charge is 0.378 e. The highest BCUT2D eigenvalue weighted by Gasteiger charge is 2.16. The van der Waals surface area contributed by atoms with Crippen molar-refractivity contribution in [2.24, 2.45) is 5.73 Å². The summed E-state index contributed by atoms with van der Waals surface area (Å²) in [6, 6.07) is 4.62. The van der Waals surface area contributed by atoms with E-state index in [4.69, 9.17) is 10.5 Å². The highest BCUT2D eigenvalue weighted by Crippen LogP contribution is 2.24. The normalized spacial score (nSPS) is 16.0. The molecule has 7 heteroatoms. The predicted molar refractivity (Wildman–Crippen MR) is 85.0 cm³/mol. The van der Waals surface area contributed by atoms with Gasteiger partial charge in [-0.1, -0.05) is 0 Å². The van der Waals surface area contributed by atoms with Crippen LogP contribution in [0, 0.1) is 6.92 Å². The number of nitrogens with one attached hydrogen (secondary N) is 2. The molecule has 1 aliphatic heterocycles. The second kappa shape index (κ2) is 7.13. The SMILES string of the molecule is Cc1cc(N2CCOCC2)ccc1NC(C)C(=O)NC(N)=O. The standard InChI is InChI=1S/C15H22N4O3/c1-10-9-12(19-5-7-22-8-6-19)3-4-13(10)17-11(2)14(20)18-15(16)21/h3-4,9,11,17H,5-8H2,1-2H3,(H3,16,18,20,21). The monoisotopic (exact) mass is 306 g/mol. The summed E-state index contributed by atoms with van der Waals surface area (Å²) < 4.78 is 5.35. The summed E-state index contributed by atoms with van der Waals surface area (Å²) >= 11 is 0. The molecule has 1 unspecified atom stereocenters. The fraction of sp³-hybridized carbons (Fsp3) is 0.467. The summed E-state index contributed by atoms with van der Waals surface area (Å²) in [5.74, 6) is -0.454. The third kappa shape index (κ3) is 4.11. The van der Waals surface area contributed by atoms with Gasteiger partial charge in [-0.3, -0.25) is 10.1 Å². The molecule has 22 heavy (non-hydrogen) atoms. The number of primary amides is 1. The fourth-order valence-electron chi connectivity index (χ4n) is 2.36. The number of hydrogen-bond acceptors (Lipinski definition) is 5.